The highest BCUT2D eigenvalue weighted by Crippen LogP contribution is 2.31. The SMILES string of the molecule is CC(C)(N)C(=O)N1CC(C(=O)O)Cc2ccccc21. The number of anilines is 1. The van der Waals surface area contributed by atoms with Gasteiger partial charge in [-0.15, -0.1) is 0 Å². The molecule has 1 atom stereocenters. The predicted molar refractivity (Wildman–Crippen MR) is 71.9 cm³/mol. The molecule has 0 saturated carbocycles. The van der Waals surface area contributed by atoms with Crippen LogP contribution >= 0.6 is 0 Å². The molecule has 1 aliphatic rings. The number of carboxylic acid groups (broad SMARTS) is 1. The Labute approximate surface area is 112 Å². The highest BCUT2D eigenvalue weighted by atomic mass is 16.4. The van der Waals surface area contributed by atoms with Gasteiger partial charge in [-0.25, -0.2) is 0 Å². The molecule has 5 heteroatoms. The predicted octanol–water partition coefficient (Wildman–Crippen LogP) is 1.01. The fraction of sp³-hybridized carbons (Fsp3) is 0.429. The monoisotopic (exact) mass is 262 g/mol. The van der Waals surface area contributed by atoms with E-state index in [1.165, 1.54) is 4.90 Å². The molecule has 0 aliphatic carbocycles. The minimum atomic E-state index is -1.02. The van der Waals surface area contributed by atoms with E-state index in [-0.39, 0.29) is 12.5 Å². The molecule has 2 rings (SSSR count). The van der Waals surface area contributed by atoms with E-state index >= 15 is 0 Å². The molecular formula is C14H18N2O3. The number of nitrogens with zero attached hydrogens (tertiary/aromatic N) is 1. The van der Waals surface area contributed by atoms with Gasteiger partial charge in [0.15, 0.2) is 0 Å². The maximum atomic E-state index is 12.4. The third-order valence-corrected chi connectivity index (χ3v) is 3.30. The molecule has 1 unspecified atom stereocenters. The molecule has 1 aromatic carbocycles. The molecule has 0 bridgehead atoms. The van der Waals surface area contributed by atoms with Crippen molar-refractivity contribution < 1.29 is 14.7 Å². The number of hydrogen-bond acceptors (Lipinski definition) is 3. The fourth-order valence-electron chi connectivity index (χ4n) is 2.30. The zero-order chi connectivity index (χ0) is 14.2. The number of rotatable bonds is 2. The van der Waals surface area contributed by atoms with Gasteiger partial charge in [0.2, 0.25) is 5.91 Å². The molecule has 0 radical (unpaired) electrons. The number of aliphatic carboxylic acids is 1. The maximum absolute atomic E-state index is 12.4. The highest BCUT2D eigenvalue weighted by Gasteiger charge is 2.36. The van der Waals surface area contributed by atoms with Gasteiger partial charge < -0.3 is 15.7 Å². The number of carboxylic acids is 1. The number of hydrogen-bond donors (Lipinski definition) is 2. The van der Waals surface area contributed by atoms with Gasteiger partial charge in [-0.2, -0.15) is 0 Å². The minimum absolute atomic E-state index is 0.172. The Morgan fingerprint density at radius 1 is 1.37 bits per heavy atom. The molecule has 102 valence electrons. The minimum Gasteiger partial charge on any atom is -0.481 e. The Balaban J connectivity index is 2.42. The van der Waals surface area contributed by atoms with E-state index in [9.17, 15) is 14.7 Å². The summed E-state index contributed by atoms with van der Waals surface area (Å²) in [6.45, 7) is 3.43. The summed E-state index contributed by atoms with van der Waals surface area (Å²) in [5.41, 5.74) is 6.47. The second kappa shape index (κ2) is 4.66. The van der Waals surface area contributed by atoms with Crippen molar-refractivity contribution in [2.45, 2.75) is 25.8 Å². The van der Waals surface area contributed by atoms with Crippen LogP contribution in [0, 0.1) is 5.92 Å². The molecular weight excluding hydrogens is 244 g/mol. The Morgan fingerprint density at radius 2 is 2.00 bits per heavy atom. The Bertz CT molecular complexity index is 520. The van der Waals surface area contributed by atoms with E-state index in [0.29, 0.717) is 6.42 Å². The van der Waals surface area contributed by atoms with Crippen LogP contribution in [-0.2, 0) is 16.0 Å². The van der Waals surface area contributed by atoms with Gasteiger partial charge in [-0.1, -0.05) is 18.2 Å². The first-order valence-electron chi connectivity index (χ1n) is 6.22. The topological polar surface area (TPSA) is 83.6 Å². The molecule has 3 N–H and O–H groups in total. The third kappa shape index (κ3) is 2.61. The van der Waals surface area contributed by atoms with Crippen LogP contribution in [0.25, 0.3) is 0 Å². The highest BCUT2D eigenvalue weighted by molar-refractivity contribution is 6.01. The quantitative estimate of drug-likeness (QED) is 0.833. The van der Waals surface area contributed by atoms with Gasteiger partial charge >= 0.3 is 5.97 Å². The van der Waals surface area contributed by atoms with Crippen LogP contribution in [0.3, 0.4) is 0 Å². The average Bonchev–Trinajstić information content (AvgIpc) is 2.35. The third-order valence-electron chi connectivity index (χ3n) is 3.30. The maximum Gasteiger partial charge on any atom is 0.308 e. The van der Waals surface area contributed by atoms with Gasteiger partial charge in [0, 0.05) is 12.2 Å². The Kier molecular flexibility index (Phi) is 3.32. The molecule has 0 saturated heterocycles. The molecule has 1 aliphatic heterocycles. The summed E-state index contributed by atoms with van der Waals surface area (Å²) < 4.78 is 0. The lowest BCUT2D eigenvalue weighted by molar-refractivity contribution is -0.141. The lowest BCUT2D eigenvalue weighted by Gasteiger charge is -2.36. The van der Waals surface area contributed by atoms with Crippen LogP contribution < -0.4 is 10.6 Å². The van der Waals surface area contributed by atoms with E-state index in [2.05, 4.69) is 0 Å². The standard InChI is InChI=1S/C14H18N2O3/c1-14(2,15)13(19)16-8-10(12(17)18)7-9-5-3-4-6-11(9)16/h3-6,10H,7-8,15H2,1-2H3,(H,17,18). The number of fused-ring (bicyclic) bond motifs is 1. The van der Waals surface area contributed by atoms with Crippen LogP contribution in [0.4, 0.5) is 5.69 Å². The zero-order valence-electron chi connectivity index (χ0n) is 11.1. The Morgan fingerprint density at radius 3 is 2.58 bits per heavy atom. The largest absolute Gasteiger partial charge is 0.481 e. The normalized spacial score (nSPS) is 18.9. The first-order chi connectivity index (χ1) is 8.80. The second-order valence-electron chi connectivity index (χ2n) is 5.51. The van der Waals surface area contributed by atoms with Crippen LogP contribution in [0.1, 0.15) is 19.4 Å². The van der Waals surface area contributed by atoms with Gasteiger partial charge in [0.05, 0.1) is 11.5 Å². The lowest BCUT2D eigenvalue weighted by atomic mass is 9.91. The molecule has 1 aromatic rings. The molecule has 0 fully saturated rings. The van der Waals surface area contributed by atoms with E-state index in [0.717, 1.165) is 11.3 Å². The first kappa shape index (κ1) is 13.5. The number of carbonyl (C=O) groups is 2. The zero-order valence-corrected chi connectivity index (χ0v) is 11.1. The van der Waals surface area contributed by atoms with Crippen LogP contribution in [0.15, 0.2) is 24.3 Å². The van der Waals surface area contributed by atoms with E-state index < -0.39 is 17.4 Å². The van der Waals surface area contributed by atoms with Crippen molar-refractivity contribution in [3.05, 3.63) is 29.8 Å². The van der Waals surface area contributed by atoms with Crippen molar-refractivity contribution in [3.63, 3.8) is 0 Å². The number of benzene rings is 1. The summed E-state index contributed by atoms with van der Waals surface area (Å²) in [4.78, 5) is 25.1. The summed E-state index contributed by atoms with van der Waals surface area (Å²) in [5, 5.41) is 9.20. The van der Waals surface area contributed by atoms with E-state index in [4.69, 9.17) is 5.73 Å². The lowest BCUT2D eigenvalue weighted by Crippen LogP contribution is -2.54. The molecule has 5 nitrogen and oxygen atoms in total. The molecule has 0 aromatic heterocycles. The van der Waals surface area contributed by atoms with Gasteiger partial charge in [0.25, 0.3) is 0 Å². The van der Waals surface area contributed by atoms with Crippen molar-refractivity contribution in [2.24, 2.45) is 11.7 Å². The van der Waals surface area contributed by atoms with Gasteiger partial charge in [-0.05, 0) is 31.9 Å². The Hall–Kier alpha value is -1.88. The summed E-state index contributed by atoms with van der Waals surface area (Å²) in [6.07, 6.45) is 0.445. The van der Waals surface area contributed by atoms with Crippen LogP contribution in [0.5, 0.6) is 0 Å². The smallest absolute Gasteiger partial charge is 0.308 e. The molecule has 1 heterocycles. The average molecular weight is 262 g/mol. The van der Waals surface area contributed by atoms with E-state index in [1.54, 1.807) is 13.8 Å². The van der Waals surface area contributed by atoms with Crippen molar-refractivity contribution in [1.29, 1.82) is 0 Å². The molecule has 19 heavy (non-hydrogen) atoms. The summed E-state index contributed by atoms with van der Waals surface area (Å²) >= 11 is 0. The van der Waals surface area contributed by atoms with Crippen molar-refractivity contribution in [3.8, 4) is 0 Å². The number of amides is 1. The number of carbonyl (C=O) groups excluding carboxylic acids is 1. The molecule has 1 amide bonds. The van der Waals surface area contributed by atoms with Crippen molar-refractivity contribution in [1.82, 2.24) is 0 Å². The summed E-state index contributed by atoms with van der Waals surface area (Å²) in [5.74, 6) is -1.73. The van der Waals surface area contributed by atoms with Crippen molar-refractivity contribution >= 4 is 17.6 Å². The number of para-hydroxylation sites is 1. The van der Waals surface area contributed by atoms with Gasteiger partial charge in [0.1, 0.15) is 0 Å². The summed E-state index contributed by atoms with van der Waals surface area (Å²) in [7, 11) is 0. The molecule has 0 spiro atoms. The first-order valence-corrected chi connectivity index (χ1v) is 6.22. The van der Waals surface area contributed by atoms with Gasteiger partial charge in [-0.3, -0.25) is 9.59 Å². The number of nitrogens with two attached hydrogens (primary N) is 1. The van der Waals surface area contributed by atoms with E-state index in [1.807, 2.05) is 24.3 Å². The summed E-state index contributed by atoms with van der Waals surface area (Å²) in [6, 6.07) is 7.37. The van der Waals surface area contributed by atoms with Crippen LogP contribution in [0.2, 0.25) is 0 Å². The fourth-order valence-corrected chi connectivity index (χ4v) is 2.30. The second-order valence-corrected chi connectivity index (χ2v) is 5.51. The van der Waals surface area contributed by atoms with Crippen molar-refractivity contribution in [2.75, 3.05) is 11.4 Å². The van der Waals surface area contributed by atoms with Crippen LogP contribution in [-0.4, -0.2) is 29.1 Å².